The number of carbonyl (C=O) groups is 2. The molecule has 1 aromatic carbocycles. The van der Waals surface area contributed by atoms with Crippen LogP contribution in [0.2, 0.25) is 0 Å². The number of aliphatic carboxylic acids is 1. The lowest BCUT2D eigenvalue weighted by Crippen LogP contribution is -2.50. The average molecular weight is 314 g/mol. The lowest BCUT2D eigenvalue weighted by atomic mass is 10.0. The predicted molar refractivity (Wildman–Crippen MR) is 72.7 cm³/mol. The van der Waals surface area contributed by atoms with Gasteiger partial charge in [0.25, 0.3) is 5.91 Å². The molecule has 1 rings (SSSR count). The molecule has 1 amide bonds. The van der Waals surface area contributed by atoms with Crippen LogP contribution in [0.1, 0.15) is 29.8 Å². The van der Waals surface area contributed by atoms with Crippen molar-refractivity contribution in [1.29, 1.82) is 0 Å². The van der Waals surface area contributed by atoms with E-state index in [1.54, 1.807) is 12.1 Å². The highest BCUT2D eigenvalue weighted by molar-refractivity contribution is 9.10. The van der Waals surface area contributed by atoms with E-state index in [4.69, 9.17) is 5.11 Å². The van der Waals surface area contributed by atoms with Gasteiger partial charge in [0.05, 0.1) is 0 Å². The second kappa shape index (κ2) is 5.10. The number of hydrogen-bond donors (Lipinski definition) is 1. The molecule has 0 aliphatic carbocycles. The van der Waals surface area contributed by atoms with Crippen LogP contribution in [-0.4, -0.2) is 34.5 Å². The Morgan fingerprint density at radius 3 is 2.39 bits per heavy atom. The van der Waals surface area contributed by atoms with Gasteiger partial charge in [-0.15, -0.1) is 0 Å². The van der Waals surface area contributed by atoms with Crippen LogP contribution >= 0.6 is 15.9 Å². The maximum Gasteiger partial charge on any atom is 0.329 e. The zero-order valence-electron chi connectivity index (χ0n) is 10.8. The fraction of sp³-hybridized carbons (Fsp3) is 0.385. The van der Waals surface area contributed by atoms with Gasteiger partial charge in [-0.25, -0.2) is 4.79 Å². The summed E-state index contributed by atoms with van der Waals surface area (Å²) in [6.07, 6.45) is 0. The summed E-state index contributed by atoms with van der Waals surface area (Å²) in [5.41, 5.74) is 0.0583. The molecule has 1 aromatic rings. The van der Waals surface area contributed by atoms with Crippen molar-refractivity contribution >= 4 is 27.8 Å². The van der Waals surface area contributed by atoms with E-state index in [1.165, 1.54) is 25.8 Å². The van der Waals surface area contributed by atoms with E-state index in [0.717, 1.165) is 10.0 Å². The van der Waals surface area contributed by atoms with E-state index >= 15 is 0 Å². The van der Waals surface area contributed by atoms with Crippen LogP contribution in [0.25, 0.3) is 0 Å². The fourth-order valence-corrected chi connectivity index (χ4v) is 1.78. The summed E-state index contributed by atoms with van der Waals surface area (Å²) < 4.78 is 0.829. The normalized spacial score (nSPS) is 11.2. The predicted octanol–water partition coefficient (Wildman–Crippen LogP) is 2.69. The van der Waals surface area contributed by atoms with Crippen molar-refractivity contribution in [3.63, 3.8) is 0 Å². The maximum atomic E-state index is 12.3. The number of nitrogens with zero attached hydrogens (tertiary/aromatic N) is 1. The van der Waals surface area contributed by atoms with E-state index < -0.39 is 11.5 Å². The van der Waals surface area contributed by atoms with Gasteiger partial charge in [-0.2, -0.15) is 0 Å². The Bertz CT molecular complexity index is 497. The van der Waals surface area contributed by atoms with Gasteiger partial charge in [-0.05, 0) is 38.5 Å². The number of hydrogen-bond acceptors (Lipinski definition) is 2. The molecule has 0 atom stereocenters. The number of benzene rings is 1. The van der Waals surface area contributed by atoms with Crippen LogP contribution in [0, 0.1) is 6.92 Å². The van der Waals surface area contributed by atoms with E-state index in [0.29, 0.717) is 5.56 Å². The maximum absolute atomic E-state index is 12.3. The van der Waals surface area contributed by atoms with Gasteiger partial charge in [-0.1, -0.05) is 22.0 Å². The summed E-state index contributed by atoms with van der Waals surface area (Å²) in [7, 11) is 1.50. The molecule has 0 unspecified atom stereocenters. The van der Waals surface area contributed by atoms with Crippen LogP contribution in [0.15, 0.2) is 22.7 Å². The lowest BCUT2D eigenvalue weighted by Gasteiger charge is -2.32. The van der Waals surface area contributed by atoms with Gasteiger partial charge in [0.15, 0.2) is 0 Å². The van der Waals surface area contributed by atoms with Crippen molar-refractivity contribution in [2.24, 2.45) is 0 Å². The molecule has 0 aliphatic heterocycles. The first-order valence-electron chi connectivity index (χ1n) is 5.46. The molecule has 0 saturated carbocycles. The Balaban J connectivity index is 3.16. The molecule has 4 nitrogen and oxygen atoms in total. The third-order valence-corrected chi connectivity index (χ3v) is 4.02. The van der Waals surface area contributed by atoms with Gasteiger partial charge in [0.2, 0.25) is 0 Å². The highest BCUT2D eigenvalue weighted by Crippen LogP contribution is 2.23. The Labute approximate surface area is 115 Å². The van der Waals surface area contributed by atoms with Crippen LogP contribution in [0.3, 0.4) is 0 Å². The highest BCUT2D eigenvalue weighted by atomic mass is 79.9. The standard InChI is InChI=1S/C13H16BrNO3/c1-8-9(6-5-7-10(8)14)11(16)15(4)13(2,3)12(17)18/h5-7H,1-4H3,(H,17,18). The van der Waals surface area contributed by atoms with Crippen molar-refractivity contribution in [3.8, 4) is 0 Å². The Kier molecular flexibility index (Phi) is 4.16. The Morgan fingerprint density at radius 1 is 1.33 bits per heavy atom. The minimum absolute atomic E-state index is 0.304. The Morgan fingerprint density at radius 2 is 1.89 bits per heavy atom. The van der Waals surface area contributed by atoms with Gasteiger partial charge in [0, 0.05) is 17.1 Å². The van der Waals surface area contributed by atoms with E-state index in [2.05, 4.69) is 15.9 Å². The van der Waals surface area contributed by atoms with Crippen LogP contribution in [0.5, 0.6) is 0 Å². The quantitative estimate of drug-likeness (QED) is 0.933. The first kappa shape index (κ1) is 14.7. The number of rotatable bonds is 3. The smallest absolute Gasteiger partial charge is 0.329 e. The van der Waals surface area contributed by atoms with E-state index in [9.17, 15) is 9.59 Å². The molecular weight excluding hydrogens is 298 g/mol. The van der Waals surface area contributed by atoms with Crippen LogP contribution < -0.4 is 0 Å². The third kappa shape index (κ3) is 2.56. The fourth-order valence-electron chi connectivity index (χ4n) is 1.42. The van der Waals surface area contributed by atoms with Crippen LogP contribution in [-0.2, 0) is 4.79 Å². The summed E-state index contributed by atoms with van der Waals surface area (Å²) in [6, 6.07) is 5.29. The van der Waals surface area contributed by atoms with E-state index in [-0.39, 0.29) is 5.91 Å². The molecule has 0 aliphatic rings. The molecule has 0 spiro atoms. The van der Waals surface area contributed by atoms with Gasteiger partial charge in [0.1, 0.15) is 5.54 Å². The van der Waals surface area contributed by atoms with Crippen LogP contribution in [0.4, 0.5) is 0 Å². The summed E-state index contributed by atoms with van der Waals surface area (Å²) in [5, 5.41) is 9.13. The summed E-state index contributed by atoms with van der Waals surface area (Å²) >= 11 is 3.36. The number of halogens is 1. The number of carboxylic acids is 1. The molecule has 0 saturated heterocycles. The lowest BCUT2D eigenvalue weighted by molar-refractivity contribution is -0.147. The van der Waals surface area contributed by atoms with Crippen molar-refractivity contribution in [2.75, 3.05) is 7.05 Å². The van der Waals surface area contributed by atoms with Crippen molar-refractivity contribution in [1.82, 2.24) is 4.90 Å². The molecule has 98 valence electrons. The monoisotopic (exact) mass is 313 g/mol. The topological polar surface area (TPSA) is 57.6 Å². The Hall–Kier alpha value is -1.36. The molecule has 0 aromatic heterocycles. The largest absolute Gasteiger partial charge is 0.480 e. The number of amides is 1. The molecule has 0 fully saturated rings. The highest BCUT2D eigenvalue weighted by Gasteiger charge is 2.36. The average Bonchev–Trinajstić information content (AvgIpc) is 2.30. The number of likely N-dealkylation sites (N-methyl/N-ethyl adjacent to an activating group) is 1. The molecule has 0 radical (unpaired) electrons. The zero-order valence-corrected chi connectivity index (χ0v) is 12.4. The first-order valence-corrected chi connectivity index (χ1v) is 6.25. The summed E-state index contributed by atoms with van der Waals surface area (Å²) in [4.78, 5) is 24.7. The molecule has 0 bridgehead atoms. The molecule has 0 heterocycles. The van der Waals surface area contributed by atoms with Crippen molar-refractivity contribution < 1.29 is 14.7 Å². The molecule has 1 N–H and O–H groups in total. The minimum atomic E-state index is -1.24. The SMILES string of the molecule is Cc1c(Br)cccc1C(=O)N(C)C(C)(C)C(=O)O. The first-order chi connectivity index (χ1) is 8.19. The second-order valence-electron chi connectivity index (χ2n) is 4.64. The third-order valence-electron chi connectivity index (χ3n) is 3.16. The van der Waals surface area contributed by atoms with Gasteiger partial charge < -0.3 is 10.0 Å². The van der Waals surface area contributed by atoms with Gasteiger partial charge in [-0.3, -0.25) is 4.79 Å². The number of carboxylic acid groups (broad SMARTS) is 1. The van der Waals surface area contributed by atoms with E-state index in [1.807, 2.05) is 13.0 Å². The molecular formula is C13H16BrNO3. The summed E-state index contributed by atoms with van der Waals surface area (Å²) in [5.74, 6) is -1.34. The van der Waals surface area contributed by atoms with Gasteiger partial charge >= 0.3 is 5.97 Å². The number of carbonyl (C=O) groups excluding carboxylic acids is 1. The molecule has 5 heteroatoms. The summed E-state index contributed by atoms with van der Waals surface area (Å²) in [6.45, 7) is 4.82. The van der Waals surface area contributed by atoms with Crippen molar-refractivity contribution in [3.05, 3.63) is 33.8 Å². The molecule has 18 heavy (non-hydrogen) atoms. The van der Waals surface area contributed by atoms with Crippen molar-refractivity contribution in [2.45, 2.75) is 26.3 Å². The zero-order chi connectivity index (χ0) is 14.1. The minimum Gasteiger partial charge on any atom is -0.480 e. The second-order valence-corrected chi connectivity index (χ2v) is 5.50.